The molecule has 2 aliphatic heterocycles. The Balaban J connectivity index is 1.40. The summed E-state index contributed by atoms with van der Waals surface area (Å²) in [7, 11) is 0. The van der Waals surface area contributed by atoms with E-state index in [0.717, 1.165) is 16.8 Å². The number of aliphatic hydroxyl groups is 1. The number of fused-ring (bicyclic) bond motifs is 2. The molecule has 3 aromatic rings. The lowest BCUT2D eigenvalue weighted by molar-refractivity contribution is -0.183. The Hall–Kier alpha value is -1.91. The lowest BCUT2D eigenvalue weighted by atomic mass is 9.78. The molecule has 1 aromatic carbocycles. The number of nitrogens with one attached hydrogen (secondary N) is 1. The zero-order valence-corrected chi connectivity index (χ0v) is 19.0. The summed E-state index contributed by atoms with van der Waals surface area (Å²) in [5, 5.41) is 21.3. The van der Waals surface area contributed by atoms with Gasteiger partial charge in [0.05, 0.1) is 35.4 Å². The van der Waals surface area contributed by atoms with Crippen LogP contribution < -0.4 is 5.32 Å². The molecule has 170 valence electrons. The highest BCUT2D eigenvalue weighted by Gasteiger charge is 2.53. The second-order valence-corrected chi connectivity index (χ2v) is 10.3. The summed E-state index contributed by atoms with van der Waals surface area (Å²) in [5.41, 5.74) is 1.80. The van der Waals surface area contributed by atoms with Gasteiger partial charge in [-0.2, -0.15) is 8.78 Å². The molecule has 0 radical (unpaired) electrons. The first kappa shape index (κ1) is 21.9. The topological polar surface area (TPSA) is 72.2 Å². The van der Waals surface area contributed by atoms with Crippen LogP contribution in [0.3, 0.4) is 0 Å². The third kappa shape index (κ3) is 3.97. The molecule has 1 saturated heterocycles. The Kier molecular flexibility index (Phi) is 5.58. The van der Waals surface area contributed by atoms with Crippen LogP contribution in [0, 0.1) is 0 Å². The quantitative estimate of drug-likeness (QED) is 0.580. The monoisotopic (exact) mass is 480 g/mol. The van der Waals surface area contributed by atoms with Crippen molar-refractivity contribution in [2.75, 3.05) is 6.61 Å². The lowest BCUT2D eigenvalue weighted by Gasteiger charge is -2.47. The van der Waals surface area contributed by atoms with E-state index in [1.54, 1.807) is 4.68 Å². The predicted octanol–water partition coefficient (Wildman–Crippen LogP) is 4.36. The number of piperidine rings is 1. The molecule has 2 aliphatic rings. The maximum Gasteiger partial charge on any atom is 0.297 e. The minimum absolute atomic E-state index is 0.00616. The van der Waals surface area contributed by atoms with Crippen molar-refractivity contribution >= 4 is 22.9 Å². The van der Waals surface area contributed by atoms with Crippen LogP contribution in [0.2, 0.25) is 4.34 Å². The van der Waals surface area contributed by atoms with Gasteiger partial charge < -0.3 is 15.2 Å². The van der Waals surface area contributed by atoms with E-state index in [4.69, 9.17) is 16.3 Å². The number of alkyl halides is 2. The van der Waals surface area contributed by atoms with Gasteiger partial charge in [-0.1, -0.05) is 41.1 Å². The predicted molar refractivity (Wildman–Crippen MR) is 117 cm³/mol. The molecule has 32 heavy (non-hydrogen) atoms. The van der Waals surface area contributed by atoms with Gasteiger partial charge in [0.1, 0.15) is 12.2 Å². The third-order valence-corrected chi connectivity index (χ3v) is 7.61. The molecule has 3 atom stereocenters. The first-order valence-corrected chi connectivity index (χ1v) is 11.6. The Morgan fingerprint density at radius 1 is 1.28 bits per heavy atom. The van der Waals surface area contributed by atoms with E-state index in [9.17, 15) is 13.9 Å². The Labute approximate surface area is 193 Å². The second-order valence-electron chi connectivity index (χ2n) is 8.62. The van der Waals surface area contributed by atoms with Gasteiger partial charge in [0.25, 0.3) is 5.92 Å². The van der Waals surface area contributed by atoms with Gasteiger partial charge >= 0.3 is 0 Å². The molecule has 6 nitrogen and oxygen atoms in total. The molecule has 1 fully saturated rings. The van der Waals surface area contributed by atoms with E-state index in [1.165, 1.54) is 17.4 Å². The van der Waals surface area contributed by atoms with Gasteiger partial charge in [0.2, 0.25) is 0 Å². The van der Waals surface area contributed by atoms with Crippen LogP contribution in [-0.2, 0) is 29.4 Å². The van der Waals surface area contributed by atoms with Crippen molar-refractivity contribution in [1.29, 1.82) is 0 Å². The number of aliphatic hydroxyl groups excluding tert-OH is 1. The molecule has 0 unspecified atom stereocenters. The Morgan fingerprint density at radius 3 is 2.78 bits per heavy atom. The minimum Gasteiger partial charge on any atom is -0.392 e. The number of thiophene rings is 1. The number of benzene rings is 1. The van der Waals surface area contributed by atoms with Crippen molar-refractivity contribution in [1.82, 2.24) is 20.3 Å². The summed E-state index contributed by atoms with van der Waals surface area (Å²) in [4.78, 5) is 0.522. The van der Waals surface area contributed by atoms with Crippen LogP contribution >= 0.6 is 22.9 Å². The zero-order chi connectivity index (χ0) is 22.5. The number of hydrogen-bond donors (Lipinski definition) is 2. The Morgan fingerprint density at radius 2 is 2.03 bits per heavy atom. The van der Waals surface area contributed by atoms with Crippen LogP contribution in [0.25, 0.3) is 0 Å². The molecule has 0 amide bonds. The highest BCUT2D eigenvalue weighted by molar-refractivity contribution is 7.16. The molecular formula is C22H23ClF2N4O2S. The minimum atomic E-state index is -3.04. The van der Waals surface area contributed by atoms with E-state index < -0.39 is 18.1 Å². The SMILES string of the molecule is C[C@H]1C[C@@]2(C[C@@H](c3cn(Cc4ccc(CO)cc4)nn3)N1)OCC(F)(F)c1cc(Cl)sc12. The average Bonchev–Trinajstić information content (AvgIpc) is 3.39. The van der Waals surface area contributed by atoms with Gasteiger partial charge in [-0.3, -0.25) is 0 Å². The lowest BCUT2D eigenvalue weighted by Crippen LogP contribution is -2.51. The summed E-state index contributed by atoms with van der Waals surface area (Å²) in [6.07, 6.45) is 2.93. The number of ether oxygens (including phenoxy) is 1. The first-order valence-electron chi connectivity index (χ1n) is 10.4. The van der Waals surface area contributed by atoms with Gasteiger partial charge in [-0.15, -0.1) is 16.4 Å². The van der Waals surface area contributed by atoms with Crippen molar-refractivity contribution in [2.24, 2.45) is 0 Å². The van der Waals surface area contributed by atoms with E-state index in [1.807, 2.05) is 37.4 Å². The van der Waals surface area contributed by atoms with Crippen molar-refractivity contribution < 1.29 is 18.6 Å². The standard InChI is InChI=1S/C22H23ClF2N4O2S/c1-13-7-21(20-16(6-19(23)32-20)22(24,25)12-31-21)8-17(26-13)18-10-29(28-27-18)9-14-2-4-15(11-30)5-3-14/h2-6,10,13,17,26,30H,7-9,11-12H2,1H3/t13-,17-,21-/m0/s1. The van der Waals surface area contributed by atoms with E-state index >= 15 is 0 Å². The largest absolute Gasteiger partial charge is 0.392 e. The second kappa shape index (κ2) is 8.14. The smallest absolute Gasteiger partial charge is 0.297 e. The molecule has 2 N–H and O–H groups in total. The number of hydrogen-bond acceptors (Lipinski definition) is 6. The van der Waals surface area contributed by atoms with Crippen LogP contribution in [0.5, 0.6) is 0 Å². The van der Waals surface area contributed by atoms with Crippen molar-refractivity contribution in [2.45, 2.75) is 56.5 Å². The van der Waals surface area contributed by atoms with Crippen molar-refractivity contribution in [3.8, 4) is 0 Å². The molecule has 2 aromatic heterocycles. The number of nitrogens with zero attached hydrogens (tertiary/aromatic N) is 3. The van der Waals surface area contributed by atoms with Crippen LogP contribution in [0.15, 0.2) is 36.5 Å². The summed E-state index contributed by atoms with van der Waals surface area (Å²) in [6.45, 7) is 1.92. The fourth-order valence-electron chi connectivity index (χ4n) is 4.69. The zero-order valence-electron chi connectivity index (χ0n) is 17.4. The highest BCUT2D eigenvalue weighted by atomic mass is 35.5. The van der Waals surface area contributed by atoms with E-state index in [0.29, 0.717) is 28.6 Å². The van der Waals surface area contributed by atoms with Crippen LogP contribution in [-0.4, -0.2) is 32.7 Å². The number of halogens is 3. The van der Waals surface area contributed by atoms with Gasteiger partial charge in [-0.25, -0.2) is 4.68 Å². The van der Waals surface area contributed by atoms with Crippen molar-refractivity contribution in [3.63, 3.8) is 0 Å². The molecule has 4 heterocycles. The normalized spacial score (nSPS) is 26.9. The highest BCUT2D eigenvalue weighted by Crippen LogP contribution is 2.54. The number of aromatic nitrogens is 3. The molecule has 10 heteroatoms. The van der Waals surface area contributed by atoms with Gasteiger partial charge in [0.15, 0.2) is 0 Å². The summed E-state index contributed by atoms with van der Waals surface area (Å²) >= 11 is 7.32. The average molecular weight is 481 g/mol. The molecule has 0 aliphatic carbocycles. The molecule has 5 rings (SSSR count). The fraction of sp³-hybridized carbons (Fsp3) is 0.455. The fourth-order valence-corrected chi connectivity index (χ4v) is 6.13. The molecule has 1 spiro atoms. The van der Waals surface area contributed by atoms with E-state index in [-0.39, 0.29) is 24.3 Å². The van der Waals surface area contributed by atoms with Crippen molar-refractivity contribution in [3.05, 3.63) is 68.1 Å². The third-order valence-electron chi connectivity index (χ3n) is 6.16. The molecule has 0 saturated carbocycles. The van der Waals surface area contributed by atoms with Gasteiger partial charge in [0, 0.05) is 22.9 Å². The summed E-state index contributed by atoms with van der Waals surface area (Å²) in [5.74, 6) is -3.04. The maximum atomic E-state index is 14.5. The maximum absolute atomic E-state index is 14.5. The summed E-state index contributed by atoms with van der Waals surface area (Å²) in [6, 6.07) is 8.87. The van der Waals surface area contributed by atoms with Crippen LogP contribution in [0.4, 0.5) is 8.78 Å². The van der Waals surface area contributed by atoms with E-state index in [2.05, 4.69) is 15.6 Å². The molecule has 0 bridgehead atoms. The van der Waals surface area contributed by atoms with Gasteiger partial charge in [-0.05, 0) is 30.5 Å². The Bertz CT molecular complexity index is 1120. The number of rotatable bonds is 4. The first-order chi connectivity index (χ1) is 15.3. The summed E-state index contributed by atoms with van der Waals surface area (Å²) < 4.78 is 37.0. The molecular weight excluding hydrogens is 458 g/mol. The van der Waals surface area contributed by atoms with Crippen LogP contribution in [0.1, 0.15) is 53.1 Å².